The second-order valence-electron chi connectivity index (χ2n) is 6.54. The first kappa shape index (κ1) is 14.8. The van der Waals surface area contributed by atoms with Crippen LogP contribution in [-0.2, 0) is 4.79 Å². The average molecular weight is 316 g/mol. The van der Waals surface area contributed by atoms with Crippen molar-refractivity contribution in [2.24, 2.45) is 0 Å². The minimum atomic E-state index is 0.0828. The topological polar surface area (TPSA) is 32.3 Å². The van der Waals surface area contributed by atoms with Crippen molar-refractivity contribution in [2.75, 3.05) is 24.3 Å². The van der Waals surface area contributed by atoms with E-state index >= 15 is 0 Å². The van der Waals surface area contributed by atoms with Gasteiger partial charge in [-0.25, -0.2) is 0 Å². The van der Waals surface area contributed by atoms with Crippen LogP contribution in [0.3, 0.4) is 0 Å². The molecule has 3 aromatic rings. The maximum Gasteiger partial charge on any atom is 0.225 e. The van der Waals surface area contributed by atoms with E-state index in [1.807, 2.05) is 20.2 Å². The number of nitrogens with zero attached hydrogens (tertiary/aromatic N) is 1. The number of carbonyl (C=O) groups is 1. The van der Waals surface area contributed by atoms with E-state index in [4.69, 9.17) is 0 Å². The Morgan fingerprint density at radius 2 is 1.71 bits per heavy atom. The van der Waals surface area contributed by atoms with Gasteiger partial charge in [0.2, 0.25) is 5.91 Å². The molecular formula is C21H20N2O. The lowest BCUT2D eigenvalue weighted by atomic mass is 9.82. The maximum atomic E-state index is 12.2. The predicted molar refractivity (Wildman–Crippen MR) is 99.8 cm³/mol. The van der Waals surface area contributed by atoms with Gasteiger partial charge >= 0.3 is 0 Å². The van der Waals surface area contributed by atoms with Crippen molar-refractivity contribution in [3.63, 3.8) is 0 Å². The summed E-state index contributed by atoms with van der Waals surface area (Å²) < 4.78 is 0. The summed E-state index contributed by atoms with van der Waals surface area (Å²) in [6.07, 6.45) is 0.488. The Morgan fingerprint density at radius 1 is 0.958 bits per heavy atom. The van der Waals surface area contributed by atoms with E-state index in [1.165, 1.54) is 21.9 Å². The second-order valence-corrected chi connectivity index (χ2v) is 6.54. The van der Waals surface area contributed by atoms with Crippen LogP contribution < -0.4 is 10.2 Å². The van der Waals surface area contributed by atoms with Gasteiger partial charge < -0.3 is 10.2 Å². The zero-order valence-electron chi connectivity index (χ0n) is 13.9. The lowest BCUT2D eigenvalue weighted by Gasteiger charge is -2.28. The van der Waals surface area contributed by atoms with Crippen LogP contribution in [0.2, 0.25) is 0 Å². The molecule has 0 fully saturated rings. The first-order chi connectivity index (χ1) is 11.6. The summed E-state index contributed by atoms with van der Waals surface area (Å²) in [5, 5.41) is 5.46. The summed E-state index contributed by atoms with van der Waals surface area (Å²) in [5.74, 6) is 0.176. The Hall–Kier alpha value is -2.81. The Balaban J connectivity index is 1.88. The molecule has 24 heavy (non-hydrogen) atoms. The zero-order valence-corrected chi connectivity index (χ0v) is 13.9. The summed E-state index contributed by atoms with van der Waals surface area (Å²) in [7, 11) is 4.07. The largest absolute Gasteiger partial charge is 0.378 e. The van der Waals surface area contributed by atoms with Gasteiger partial charge in [0.1, 0.15) is 0 Å². The lowest BCUT2D eigenvalue weighted by molar-refractivity contribution is -0.116. The molecule has 3 aromatic carbocycles. The first-order valence-corrected chi connectivity index (χ1v) is 8.22. The monoisotopic (exact) mass is 316 g/mol. The molecule has 1 heterocycles. The van der Waals surface area contributed by atoms with Gasteiger partial charge in [-0.05, 0) is 40.1 Å². The number of fused-ring (bicyclic) bond motifs is 3. The van der Waals surface area contributed by atoms with Crippen molar-refractivity contribution < 1.29 is 4.79 Å². The van der Waals surface area contributed by atoms with Crippen LogP contribution in [0.25, 0.3) is 10.8 Å². The van der Waals surface area contributed by atoms with Gasteiger partial charge in [-0.3, -0.25) is 4.79 Å². The third kappa shape index (κ3) is 2.42. The lowest BCUT2D eigenvalue weighted by Crippen LogP contribution is -2.23. The number of benzene rings is 3. The van der Waals surface area contributed by atoms with E-state index in [0.717, 1.165) is 11.4 Å². The smallest absolute Gasteiger partial charge is 0.225 e. The molecule has 0 saturated heterocycles. The molecule has 0 saturated carbocycles. The van der Waals surface area contributed by atoms with Gasteiger partial charge in [0.05, 0.1) is 0 Å². The first-order valence-electron chi connectivity index (χ1n) is 8.22. The van der Waals surface area contributed by atoms with Gasteiger partial charge in [0.25, 0.3) is 0 Å². The van der Waals surface area contributed by atoms with Crippen LogP contribution in [0.1, 0.15) is 23.5 Å². The summed E-state index contributed by atoms with van der Waals surface area (Å²) in [5.41, 5.74) is 4.52. The van der Waals surface area contributed by atoms with Crippen molar-refractivity contribution in [3.8, 4) is 0 Å². The fourth-order valence-electron chi connectivity index (χ4n) is 3.56. The van der Waals surface area contributed by atoms with Crippen molar-refractivity contribution in [2.45, 2.75) is 12.3 Å². The molecule has 0 aliphatic carbocycles. The zero-order chi connectivity index (χ0) is 16.7. The van der Waals surface area contributed by atoms with Crippen molar-refractivity contribution in [1.82, 2.24) is 0 Å². The number of rotatable bonds is 2. The molecule has 120 valence electrons. The Kier molecular flexibility index (Phi) is 3.49. The van der Waals surface area contributed by atoms with Gasteiger partial charge in [0, 0.05) is 37.8 Å². The van der Waals surface area contributed by atoms with Crippen molar-refractivity contribution in [1.29, 1.82) is 0 Å². The standard InChI is InChI=1S/C21H20N2O/c1-23(2)16-10-7-15(8-11-16)18-13-20(24)22-19-12-9-14-5-3-4-6-17(14)21(18)19/h3-12,18H,13H2,1-2H3,(H,22,24)/t18-/m1/s1. The van der Waals surface area contributed by atoms with Crippen LogP contribution >= 0.6 is 0 Å². The summed E-state index contributed by atoms with van der Waals surface area (Å²) >= 11 is 0. The quantitative estimate of drug-likeness (QED) is 0.761. The van der Waals surface area contributed by atoms with Gasteiger partial charge in [-0.2, -0.15) is 0 Å². The SMILES string of the molecule is CN(C)c1ccc([C@H]2CC(=O)Nc3ccc4ccccc4c32)cc1. The molecule has 0 bridgehead atoms. The Labute approximate surface area is 141 Å². The van der Waals surface area contributed by atoms with E-state index in [1.54, 1.807) is 0 Å². The molecule has 1 atom stereocenters. The highest BCUT2D eigenvalue weighted by Gasteiger charge is 2.28. The Bertz CT molecular complexity index is 913. The molecule has 3 heteroatoms. The highest BCUT2D eigenvalue weighted by Crippen LogP contribution is 2.41. The molecule has 1 aliphatic heterocycles. The van der Waals surface area contributed by atoms with Crippen LogP contribution in [0.4, 0.5) is 11.4 Å². The van der Waals surface area contributed by atoms with E-state index in [9.17, 15) is 4.79 Å². The number of hydrogen-bond acceptors (Lipinski definition) is 2. The average Bonchev–Trinajstić information content (AvgIpc) is 2.60. The van der Waals surface area contributed by atoms with Gasteiger partial charge in [-0.1, -0.05) is 42.5 Å². The number of carbonyl (C=O) groups excluding carboxylic acids is 1. The highest BCUT2D eigenvalue weighted by molar-refractivity contribution is 6.01. The number of amides is 1. The van der Waals surface area contributed by atoms with Crippen LogP contribution in [0.15, 0.2) is 60.7 Å². The van der Waals surface area contributed by atoms with E-state index in [2.05, 4.69) is 64.8 Å². The third-order valence-corrected chi connectivity index (χ3v) is 4.79. The normalized spacial score (nSPS) is 16.6. The summed E-state index contributed by atoms with van der Waals surface area (Å²) in [4.78, 5) is 14.3. The second kappa shape index (κ2) is 5.68. The van der Waals surface area contributed by atoms with Crippen LogP contribution in [-0.4, -0.2) is 20.0 Å². The fraction of sp³-hybridized carbons (Fsp3) is 0.190. The molecule has 1 amide bonds. The fourth-order valence-corrected chi connectivity index (χ4v) is 3.56. The van der Waals surface area contributed by atoms with Gasteiger partial charge in [-0.15, -0.1) is 0 Å². The molecule has 1 N–H and O–H groups in total. The minimum Gasteiger partial charge on any atom is -0.378 e. The molecule has 0 radical (unpaired) electrons. The van der Waals surface area contributed by atoms with E-state index in [-0.39, 0.29) is 11.8 Å². The van der Waals surface area contributed by atoms with Crippen molar-refractivity contribution in [3.05, 3.63) is 71.8 Å². The molecule has 0 aromatic heterocycles. The van der Waals surface area contributed by atoms with Gasteiger partial charge in [0.15, 0.2) is 0 Å². The van der Waals surface area contributed by atoms with Crippen molar-refractivity contribution >= 4 is 28.1 Å². The van der Waals surface area contributed by atoms with E-state index < -0.39 is 0 Å². The minimum absolute atomic E-state index is 0.0828. The maximum absolute atomic E-state index is 12.2. The summed E-state index contributed by atoms with van der Waals surface area (Å²) in [6.45, 7) is 0. The van der Waals surface area contributed by atoms with Crippen LogP contribution in [0.5, 0.6) is 0 Å². The highest BCUT2D eigenvalue weighted by atomic mass is 16.1. The molecule has 1 aliphatic rings. The number of hydrogen-bond donors (Lipinski definition) is 1. The Morgan fingerprint density at radius 3 is 2.46 bits per heavy atom. The molecule has 3 nitrogen and oxygen atoms in total. The number of nitrogens with one attached hydrogen (secondary N) is 1. The molecular weight excluding hydrogens is 296 g/mol. The van der Waals surface area contributed by atoms with E-state index in [0.29, 0.717) is 6.42 Å². The van der Waals surface area contributed by atoms with Crippen LogP contribution in [0, 0.1) is 0 Å². The predicted octanol–water partition coefficient (Wildman–Crippen LogP) is 4.38. The molecule has 0 spiro atoms. The molecule has 4 rings (SSSR count). The molecule has 0 unspecified atom stereocenters. The number of anilines is 2. The summed E-state index contributed by atoms with van der Waals surface area (Å²) in [6, 6.07) is 21.0. The third-order valence-electron chi connectivity index (χ3n) is 4.79.